The van der Waals surface area contributed by atoms with Crippen molar-refractivity contribution in [1.82, 2.24) is 10.3 Å². The van der Waals surface area contributed by atoms with E-state index in [1.165, 1.54) is 6.07 Å². The topological polar surface area (TPSA) is 83.6 Å². The highest BCUT2D eigenvalue weighted by Gasteiger charge is 2.20. The van der Waals surface area contributed by atoms with E-state index in [4.69, 9.17) is 4.74 Å². The molecule has 0 radical (unpaired) electrons. The molecular weight excluding hydrogens is 493 g/mol. The maximum atomic E-state index is 14.5. The second kappa shape index (κ2) is 11.0. The monoisotopic (exact) mass is 516 g/mol. The summed E-state index contributed by atoms with van der Waals surface area (Å²) in [6.45, 7) is 4.37. The van der Waals surface area contributed by atoms with E-state index in [9.17, 15) is 22.8 Å². The van der Waals surface area contributed by atoms with Crippen LogP contribution in [-0.4, -0.2) is 43.1 Å². The summed E-state index contributed by atoms with van der Waals surface area (Å²) in [4.78, 5) is 32.0. The number of hydrogen-bond acceptors (Lipinski definition) is 6. The van der Waals surface area contributed by atoms with E-state index < -0.39 is 34.8 Å². The van der Waals surface area contributed by atoms with Gasteiger partial charge in [0.15, 0.2) is 11.6 Å². The molecule has 1 fully saturated rings. The molecule has 7 nitrogen and oxygen atoms in total. The molecule has 1 aliphatic rings. The maximum absolute atomic E-state index is 14.5. The van der Waals surface area contributed by atoms with E-state index in [0.717, 1.165) is 48.6 Å². The van der Waals surface area contributed by atoms with Crippen LogP contribution in [0.1, 0.15) is 31.8 Å². The van der Waals surface area contributed by atoms with Crippen molar-refractivity contribution < 1.29 is 27.5 Å². The van der Waals surface area contributed by atoms with Crippen molar-refractivity contribution in [2.45, 2.75) is 18.4 Å². The zero-order valence-electron chi connectivity index (χ0n) is 19.3. The van der Waals surface area contributed by atoms with Crippen LogP contribution in [0.15, 0.2) is 47.5 Å². The lowest BCUT2D eigenvalue weighted by Gasteiger charge is -2.29. The van der Waals surface area contributed by atoms with Gasteiger partial charge in [-0.05, 0) is 48.4 Å². The molecule has 2 N–H and O–H groups in total. The quantitative estimate of drug-likeness (QED) is 0.430. The minimum absolute atomic E-state index is 0.0313. The van der Waals surface area contributed by atoms with Gasteiger partial charge in [-0.1, -0.05) is 6.07 Å². The van der Waals surface area contributed by atoms with Gasteiger partial charge in [0.25, 0.3) is 11.8 Å². The summed E-state index contributed by atoms with van der Waals surface area (Å²) in [5, 5.41) is 5.11. The van der Waals surface area contributed by atoms with Crippen LogP contribution in [0.5, 0.6) is 0 Å². The molecule has 0 spiro atoms. The van der Waals surface area contributed by atoms with Gasteiger partial charge in [-0.15, -0.1) is 12.6 Å². The van der Waals surface area contributed by atoms with Crippen molar-refractivity contribution in [2.24, 2.45) is 0 Å². The Bertz CT molecular complexity index is 1320. The third-order valence-electron chi connectivity index (χ3n) is 5.68. The summed E-state index contributed by atoms with van der Waals surface area (Å²) in [5.41, 5.74) is 1.49. The smallest absolute Gasteiger partial charge is 0.257 e. The number of halogens is 3. The molecular formula is C25H23F3N4O3S. The molecule has 1 aromatic heterocycles. The number of carbonyl (C=O) groups excluding carboxylic acids is 2. The van der Waals surface area contributed by atoms with Crippen LogP contribution in [0.4, 0.5) is 24.7 Å². The van der Waals surface area contributed by atoms with Gasteiger partial charge in [-0.3, -0.25) is 9.59 Å². The maximum Gasteiger partial charge on any atom is 0.257 e. The molecule has 1 aliphatic heterocycles. The summed E-state index contributed by atoms with van der Waals surface area (Å²) in [6.07, 6.45) is 1.65. The van der Waals surface area contributed by atoms with Crippen molar-refractivity contribution in [3.63, 3.8) is 0 Å². The Kier molecular flexibility index (Phi) is 7.80. The van der Waals surface area contributed by atoms with Crippen LogP contribution < -0.4 is 15.5 Å². The number of amides is 2. The number of aromatic nitrogens is 1. The fourth-order valence-corrected chi connectivity index (χ4v) is 3.99. The molecule has 2 heterocycles. The second-order valence-electron chi connectivity index (χ2n) is 8.19. The largest absolute Gasteiger partial charge is 0.378 e. The molecule has 2 amide bonds. The molecule has 0 bridgehead atoms. The Morgan fingerprint density at radius 2 is 1.75 bits per heavy atom. The van der Waals surface area contributed by atoms with Gasteiger partial charge in [0, 0.05) is 24.5 Å². The number of hydrogen-bond donors (Lipinski definition) is 3. The zero-order chi connectivity index (χ0) is 25.8. The highest BCUT2D eigenvalue weighted by atomic mass is 32.1. The predicted octanol–water partition coefficient (Wildman–Crippen LogP) is 4.11. The van der Waals surface area contributed by atoms with E-state index in [2.05, 4.69) is 33.1 Å². The lowest BCUT2D eigenvalue weighted by molar-refractivity contribution is 0.0946. The molecule has 11 heteroatoms. The van der Waals surface area contributed by atoms with Crippen molar-refractivity contribution in [2.75, 3.05) is 36.5 Å². The van der Waals surface area contributed by atoms with Crippen molar-refractivity contribution in [1.29, 1.82) is 0 Å². The molecule has 0 aliphatic carbocycles. The molecule has 188 valence electrons. The number of nitrogens with zero attached hydrogens (tertiary/aromatic N) is 2. The van der Waals surface area contributed by atoms with Gasteiger partial charge < -0.3 is 20.3 Å². The average molecular weight is 517 g/mol. The van der Waals surface area contributed by atoms with Crippen LogP contribution in [0, 0.1) is 24.4 Å². The van der Waals surface area contributed by atoms with E-state index in [1.807, 2.05) is 6.07 Å². The van der Waals surface area contributed by atoms with Gasteiger partial charge in [0.05, 0.1) is 36.2 Å². The average Bonchev–Trinajstić information content (AvgIpc) is 2.86. The Morgan fingerprint density at radius 1 is 1.00 bits per heavy atom. The summed E-state index contributed by atoms with van der Waals surface area (Å²) >= 11 is 4.18. The molecule has 0 unspecified atom stereocenters. The third-order valence-corrected chi connectivity index (χ3v) is 6.05. The molecule has 36 heavy (non-hydrogen) atoms. The van der Waals surface area contributed by atoms with Crippen LogP contribution in [0.3, 0.4) is 0 Å². The lowest BCUT2D eigenvalue weighted by atomic mass is 10.1. The van der Waals surface area contributed by atoms with E-state index in [-0.39, 0.29) is 22.6 Å². The van der Waals surface area contributed by atoms with E-state index in [0.29, 0.717) is 19.0 Å². The normalized spacial score (nSPS) is 13.4. The molecule has 0 atom stereocenters. The molecule has 2 aromatic carbocycles. The Hall–Kier alpha value is -3.57. The van der Waals surface area contributed by atoms with Gasteiger partial charge in [-0.25, -0.2) is 18.2 Å². The van der Waals surface area contributed by atoms with Crippen molar-refractivity contribution >= 4 is 35.9 Å². The number of nitrogens with one attached hydrogen (secondary N) is 2. The predicted molar refractivity (Wildman–Crippen MR) is 131 cm³/mol. The number of anilines is 2. The number of carbonyl (C=O) groups is 2. The third kappa shape index (κ3) is 5.80. The summed E-state index contributed by atoms with van der Waals surface area (Å²) < 4.78 is 46.4. The van der Waals surface area contributed by atoms with E-state index in [1.54, 1.807) is 13.1 Å². The van der Waals surface area contributed by atoms with Crippen LogP contribution in [0.25, 0.3) is 0 Å². The highest BCUT2D eigenvalue weighted by Crippen LogP contribution is 2.24. The summed E-state index contributed by atoms with van der Waals surface area (Å²) in [6, 6.07) is 7.11. The van der Waals surface area contributed by atoms with Crippen molar-refractivity contribution in [3.8, 4) is 0 Å². The van der Waals surface area contributed by atoms with Gasteiger partial charge in [-0.2, -0.15) is 0 Å². The van der Waals surface area contributed by atoms with Crippen LogP contribution in [0.2, 0.25) is 0 Å². The van der Waals surface area contributed by atoms with Gasteiger partial charge in [0.2, 0.25) is 0 Å². The standard InChI is InChI=1S/C25H23F3N4O3S/c1-14-8-16(32-4-6-35-7-5-32)13-29-23(14)31-25(34)18-10-17(20(27)11-22(18)36)24(33)30-12-15-2-3-19(26)21(28)9-15/h2-3,8-11,13,36H,4-7,12H2,1H3,(H,30,33)(H,29,31,34). The SMILES string of the molecule is Cc1cc(N2CCOCC2)cnc1NC(=O)c1cc(C(=O)NCc2ccc(F)c(F)c2)c(F)cc1S. The van der Waals surface area contributed by atoms with Crippen LogP contribution >= 0.6 is 12.6 Å². The first-order valence-electron chi connectivity index (χ1n) is 11.1. The van der Waals surface area contributed by atoms with Crippen molar-refractivity contribution in [3.05, 3.63) is 82.3 Å². The fourth-order valence-electron chi connectivity index (χ4n) is 3.71. The van der Waals surface area contributed by atoms with E-state index >= 15 is 0 Å². The Balaban J connectivity index is 1.48. The molecule has 4 rings (SSSR count). The van der Waals surface area contributed by atoms with Crippen LogP contribution in [-0.2, 0) is 11.3 Å². The summed E-state index contributed by atoms with van der Waals surface area (Å²) in [5.74, 6) is -4.10. The van der Waals surface area contributed by atoms with Gasteiger partial charge >= 0.3 is 0 Å². The first kappa shape index (κ1) is 25.5. The zero-order valence-corrected chi connectivity index (χ0v) is 20.2. The highest BCUT2D eigenvalue weighted by molar-refractivity contribution is 7.80. The second-order valence-corrected chi connectivity index (χ2v) is 8.67. The number of benzene rings is 2. The fraction of sp³-hybridized carbons (Fsp3) is 0.240. The molecule has 0 saturated carbocycles. The molecule has 1 saturated heterocycles. The number of thiol groups is 1. The minimum Gasteiger partial charge on any atom is -0.378 e. The first-order chi connectivity index (χ1) is 17.2. The summed E-state index contributed by atoms with van der Waals surface area (Å²) in [7, 11) is 0. The number of aryl methyl sites for hydroxylation is 1. The number of rotatable bonds is 6. The minimum atomic E-state index is -1.06. The Labute approximate surface area is 211 Å². The lowest BCUT2D eigenvalue weighted by Crippen LogP contribution is -2.36. The molecule has 3 aromatic rings. The number of ether oxygens (including phenoxy) is 1. The number of morpholine rings is 1. The number of pyridine rings is 1. The Morgan fingerprint density at radius 3 is 2.44 bits per heavy atom. The van der Waals surface area contributed by atoms with Gasteiger partial charge in [0.1, 0.15) is 11.6 Å². The first-order valence-corrected chi connectivity index (χ1v) is 11.5.